The summed E-state index contributed by atoms with van der Waals surface area (Å²) in [6.45, 7) is 6.34. The van der Waals surface area contributed by atoms with Gasteiger partial charge in [-0.2, -0.15) is 0 Å². The zero-order chi connectivity index (χ0) is 14.4. The van der Waals surface area contributed by atoms with Gasteiger partial charge in [0.25, 0.3) is 0 Å². The van der Waals surface area contributed by atoms with Crippen LogP contribution in [0.4, 0.5) is 0 Å². The van der Waals surface area contributed by atoms with Gasteiger partial charge in [0.05, 0.1) is 4.47 Å². The van der Waals surface area contributed by atoms with Gasteiger partial charge in [0.1, 0.15) is 5.03 Å². The van der Waals surface area contributed by atoms with Gasteiger partial charge in [0.15, 0.2) is 0 Å². The van der Waals surface area contributed by atoms with Crippen molar-refractivity contribution in [2.75, 3.05) is 6.54 Å². The summed E-state index contributed by atoms with van der Waals surface area (Å²) in [4.78, 5) is 5.65. The van der Waals surface area contributed by atoms with E-state index in [1.165, 1.54) is 22.4 Å². The van der Waals surface area contributed by atoms with Gasteiger partial charge in [-0.25, -0.2) is 4.98 Å². The first-order valence-electron chi connectivity index (χ1n) is 6.79. The Bertz CT molecular complexity index is 572. The molecule has 1 aromatic heterocycles. The van der Waals surface area contributed by atoms with Gasteiger partial charge in [-0.15, -0.1) is 0 Å². The van der Waals surface area contributed by atoms with Crippen LogP contribution in [0.2, 0.25) is 0 Å². The number of nitrogens with zero attached hydrogens (tertiary/aromatic N) is 1. The van der Waals surface area contributed by atoms with Crippen LogP contribution < -0.4 is 5.32 Å². The third-order valence-electron chi connectivity index (χ3n) is 2.93. The van der Waals surface area contributed by atoms with Crippen LogP contribution in [-0.2, 0) is 6.54 Å². The lowest BCUT2D eigenvalue weighted by Crippen LogP contribution is -2.13. The molecule has 0 fully saturated rings. The molecule has 1 aromatic carbocycles. The van der Waals surface area contributed by atoms with Gasteiger partial charge >= 0.3 is 0 Å². The van der Waals surface area contributed by atoms with E-state index in [1.54, 1.807) is 11.8 Å². The quantitative estimate of drug-likeness (QED) is 0.757. The smallest absolute Gasteiger partial charge is 0.115 e. The largest absolute Gasteiger partial charge is 0.313 e. The van der Waals surface area contributed by atoms with Crippen LogP contribution in [0.3, 0.4) is 0 Å². The van der Waals surface area contributed by atoms with Crippen molar-refractivity contribution in [3.8, 4) is 0 Å². The molecule has 106 valence electrons. The SMILES string of the molecule is CCCNCc1ccc(Sc2ncccc2Br)c(C)c1. The van der Waals surface area contributed by atoms with Gasteiger partial charge in [0, 0.05) is 17.6 Å². The van der Waals surface area contributed by atoms with Crippen LogP contribution in [-0.4, -0.2) is 11.5 Å². The number of rotatable bonds is 6. The Morgan fingerprint density at radius 3 is 2.85 bits per heavy atom. The molecule has 0 unspecified atom stereocenters. The summed E-state index contributed by atoms with van der Waals surface area (Å²) in [5.41, 5.74) is 2.63. The minimum Gasteiger partial charge on any atom is -0.313 e. The number of hydrogen-bond donors (Lipinski definition) is 1. The molecule has 0 spiro atoms. The van der Waals surface area contributed by atoms with Crippen molar-refractivity contribution in [1.29, 1.82) is 0 Å². The first-order valence-corrected chi connectivity index (χ1v) is 8.40. The fourth-order valence-electron chi connectivity index (χ4n) is 1.90. The zero-order valence-corrected chi connectivity index (χ0v) is 14.2. The van der Waals surface area contributed by atoms with E-state index in [2.05, 4.69) is 58.3 Å². The van der Waals surface area contributed by atoms with E-state index in [0.29, 0.717) is 0 Å². The van der Waals surface area contributed by atoms with Gasteiger partial charge in [-0.1, -0.05) is 30.8 Å². The lowest BCUT2D eigenvalue weighted by Gasteiger charge is -2.09. The molecule has 0 amide bonds. The number of aromatic nitrogens is 1. The predicted octanol–water partition coefficient (Wildman–Crippen LogP) is 4.80. The summed E-state index contributed by atoms with van der Waals surface area (Å²) in [6.07, 6.45) is 2.99. The van der Waals surface area contributed by atoms with Crippen molar-refractivity contribution in [2.24, 2.45) is 0 Å². The molecule has 1 heterocycles. The summed E-state index contributed by atoms with van der Waals surface area (Å²) in [7, 11) is 0. The maximum Gasteiger partial charge on any atom is 0.115 e. The zero-order valence-electron chi connectivity index (χ0n) is 11.8. The lowest BCUT2D eigenvalue weighted by atomic mass is 10.1. The molecule has 0 radical (unpaired) electrons. The van der Waals surface area contributed by atoms with Crippen molar-refractivity contribution in [2.45, 2.75) is 36.7 Å². The standard InChI is InChI=1S/C16H19BrN2S/c1-3-8-18-11-13-6-7-15(12(2)10-13)20-16-14(17)5-4-9-19-16/h4-7,9-10,18H,3,8,11H2,1-2H3. The Kier molecular flexibility index (Phi) is 6.07. The van der Waals surface area contributed by atoms with Crippen molar-refractivity contribution in [3.63, 3.8) is 0 Å². The molecule has 1 N–H and O–H groups in total. The Morgan fingerprint density at radius 1 is 1.30 bits per heavy atom. The predicted molar refractivity (Wildman–Crippen MR) is 89.2 cm³/mol. The number of benzene rings is 1. The van der Waals surface area contributed by atoms with Crippen LogP contribution in [0.25, 0.3) is 0 Å². The number of halogens is 1. The van der Waals surface area contributed by atoms with Crippen LogP contribution >= 0.6 is 27.7 Å². The van der Waals surface area contributed by atoms with Gasteiger partial charge in [-0.05, 0) is 65.1 Å². The molecule has 2 aromatic rings. The second-order valence-corrected chi connectivity index (χ2v) is 6.55. The van der Waals surface area contributed by atoms with Gasteiger partial charge in [-0.3, -0.25) is 0 Å². The monoisotopic (exact) mass is 350 g/mol. The maximum atomic E-state index is 4.40. The van der Waals surface area contributed by atoms with E-state index in [4.69, 9.17) is 0 Å². The molecular weight excluding hydrogens is 332 g/mol. The molecule has 0 saturated heterocycles. The minimum atomic E-state index is 0.937. The molecular formula is C16H19BrN2S. The highest BCUT2D eigenvalue weighted by Crippen LogP contribution is 2.33. The topological polar surface area (TPSA) is 24.9 Å². The first kappa shape index (κ1) is 15.5. The van der Waals surface area contributed by atoms with E-state index in [1.807, 2.05) is 18.3 Å². The maximum absolute atomic E-state index is 4.40. The highest BCUT2D eigenvalue weighted by Gasteiger charge is 2.06. The summed E-state index contributed by atoms with van der Waals surface area (Å²) < 4.78 is 1.04. The Morgan fingerprint density at radius 2 is 2.15 bits per heavy atom. The van der Waals surface area contributed by atoms with Gasteiger partial charge in [0.2, 0.25) is 0 Å². The highest BCUT2D eigenvalue weighted by atomic mass is 79.9. The van der Waals surface area contributed by atoms with Crippen LogP contribution in [0, 0.1) is 6.92 Å². The van der Waals surface area contributed by atoms with E-state index in [0.717, 1.165) is 22.6 Å². The van der Waals surface area contributed by atoms with Crippen molar-refractivity contribution < 1.29 is 0 Å². The van der Waals surface area contributed by atoms with Gasteiger partial charge < -0.3 is 5.32 Å². The number of nitrogens with one attached hydrogen (secondary N) is 1. The summed E-state index contributed by atoms with van der Waals surface area (Å²) >= 11 is 5.24. The van der Waals surface area contributed by atoms with Crippen LogP contribution in [0.15, 0.2) is 50.9 Å². The normalized spacial score (nSPS) is 10.8. The second kappa shape index (κ2) is 7.81. The number of aryl methyl sites for hydroxylation is 1. The molecule has 2 nitrogen and oxygen atoms in total. The average Bonchev–Trinajstić information content (AvgIpc) is 2.44. The summed E-state index contributed by atoms with van der Waals surface area (Å²) in [5.74, 6) is 0. The second-order valence-electron chi connectivity index (χ2n) is 4.67. The molecule has 2 rings (SSSR count). The molecule has 0 atom stereocenters. The fourth-order valence-corrected chi connectivity index (χ4v) is 3.24. The molecule has 4 heteroatoms. The van der Waals surface area contributed by atoms with Crippen molar-refractivity contribution in [3.05, 3.63) is 52.1 Å². The number of hydrogen-bond acceptors (Lipinski definition) is 3. The molecule has 0 aliphatic rings. The van der Waals surface area contributed by atoms with Crippen LogP contribution in [0.1, 0.15) is 24.5 Å². The Labute approximate surface area is 133 Å². The van der Waals surface area contributed by atoms with Crippen molar-refractivity contribution >= 4 is 27.7 Å². The molecule has 0 bridgehead atoms. The third kappa shape index (κ3) is 4.33. The Hall–Kier alpha value is -0.840. The molecule has 0 saturated carbocycles. The molecule has 0 aliphatic carbocycles. The van der Waals surface area contributed by atoms with E-state index < -0.39 is 0 Å². The lowest BCUT2D eigenvalue weighted by molar-refractivity contribution is 0.675. The first-order chi connectivity index (χ1) is 9.70. The molecule has 20 heavy (non-hydrogen) atoms. The summed E-state index contributed by atoms with van der Waals surface area (Å²) in [6, 6.07) is 10.6. The number of pyridine rings is 1. The minimum absolute atomic E-state index is 0.937. The third-order valence-corrected chi connectivity index (χ3v) is 5.03. The fraction of sp³-hybridized carbons (Fsp3) is 0.312. The highest BCUT2D eigenvalue weighted by molar-refractivity contribution is 9.10. The van der Waals surface area contributed by atoms with Crippen molar-refractivity contribution in [1.82, 2.24) is 10.3 Å². The van der Waals surface area contributed by atoms with E-state index in [9.17, 15) is 0 Å². The average molecular weight is 351 g/mol. The summed E-state index contributed by atoms with van der Waals surface area (Å²) in [5, 5.41) is 4.44. The Balaban J connectivity index is 2.08. The molecule has 0 aliphatic heterocycles. The van der Waals surface area contributed by atoms with Crippen LogP contribution in [0.5, 0.6) is 0 Å². The van der Waals surface area contributed by atoms with E-state index >= 15 is 0 Å². The van der Waals surface area contributed by atoms with E-state index in [-0.39, 0.29) is 0 Å².